The van der Waals surface area contributed by atoms with E-state index in [9.17, 15) is 31.1 Å². The van der Waals surface area contributed by atoms with Crippen LogP contribution in [0.3, 0.4) is 0 Å². The fourth-order valence-electron chi connectivity index (χ4n) is 1.88. The summed E-state index contributed by atoms with van der Waals surface area (Å²) in [5.41, 5.74) is -3.13. The molecule has 1 aliphatic rings. The number of alkyl halides is 6. The Labute approximate surface area is 122 Å². The summed E-state index contributed by atoms with van der Waals surface area (Å²) in [6.45, 7) is 1.08. The van der Waals surface area contributed by atoms with Gasteiger partial charge in [0.05, 0.1) is 11.1 Å². The minimum Gasteiger partial charge on any atom is -0.339 e. The lowest BCUT2D eigenvalue weighted by molar-refractivity contribution is -0.143. The number of amides is 1. The van der Waals surface area contributed by atoms with E-state index in [1.807, 2.05) is 0 Å². The minimum atomic E-state index is -4.90. The van der Waals surface area contributed by atoms with Crippen LogP contribution in [0.4, 0.5) is 26.3 Å². The van der Waals surface area contributed by atoms with Crippen LogP contribution >= 0.6 is 0 Å². The van der Waals surface area contributed by atoms with Crippen LogP contribution in [-0.2, 0) is 17.1 Å². The van der Waals surface area contributed by atoms with Gasteiger partial charge in [-0.15, -0.1) is 0 Å². The summed E-state index contributed by atoms with van der Waals surface area (Å²) in [5.74, 6) is -0.433. The number of hydrogen-bond donors (Lipinski definition) is 0. The monoisotopic (exact) mass is 323 g/mol. The van der Waals surface area contributed by atoms with E-state index in [2.05, 4.69) is 0 Å². The first-order valence-electron chi connectivity index (χ1n) is 6.34. The van der Waals surface area contributed by atoms with Crippen molar-refractivity contribution in [1.29, 1.82) is 0 Å². The largest absolute Gasteiger partial charge is 0.416 e. The van der Waals surface area contributed by atoms with E-state index in [4.69, 9.17) is 0 Å². The van der Waals surface area contributed by atoms with Gasteiger partial charge in [0, 0.05) is 19.2 Å². The summed E-state index contributed by atoms with van der Waals surface area (Å²) in [4.78, 5) is 13.0. The molecule has 0 aliphatic carbocycles. The van der Waals surface area contributed by atoms with Crippen LogP contribution in [-0.4, -0.2) is 23.9 Å². The number of carbonyl (C=O) groups is 1. The first-order chi connectivity index (χ1) is 10.1. The topological polar surface area (TPSA) is 20.3 Å². The molecule has 0 saturated carbocycles. The molecule has 0 atom stereocenters. The molecule has 1 aromatic rings. The van der Waals surface area contributed by atoms with Gasteiger partial charge in [-0.05, 0) is 36.3 Å². The van der Waals surface area contributed by atoms with Crippen LogP contribution in [0.1, 0.15) is 23.1 Å². The number of halogens is 6. The van der Waals surface area contributed by atoms with E-state index in [0.29, 0.717) is 25.2 Å². The van der Waals surface area contributed by atoms with Crippen LogP contribution in [0.5, 0.6) is 0 Å². The molecule has 1 aromatic carbocycles. The first-order valence-corrected chi connectivity index (χ1v) is 6.34. The highest BCUT2D eigenvalue weighted by Gasteiger charge is 2.36. The molecule has 22 heavy (non-hydrogen) atoms. The smallest absolute Gasteiger partial charge is 0.339 e. The van der Waals surface area contributed by atoms with Gasteiger partial charge >= 0.3 is 12.4 Å². The maximum absolute atomic E-state index is 12.7. The molecule has 1 saturated heterocycles. The van der Waals surface area contributed by atoms with E-state index in [-0.39, 0.29) is 11.6 Å². The van der Waals surface area contributed by atoms with Crippen LogP contribution in [0.25, 0.3) is 6.08 Å². The molecule has 1 amide bonds. The third-order valence-corrected chi connectivity index (χ3v) is 3.20. The normalized spacial score (nSPS) is 16.0. The average Bonchev–Trinajstić information content (AvgIpc) is 2.32. The van der Waals surface area contributed by atoms with Crippen molar-refractivity contribution in [3.05, 3.63) is 41.0 Å². The number of carbonyl (C=O) groups excluding carboxylic acids is 1. The third kappa shape index (κ3) is 3.80. The first kappa shape index (κ1) is 16.4. The molecule has 1 aliphatic heterocycles. The maximum atomic E-state index is 12.7. The summed E-state index contributed by atoms with van der Waals surface area (Å²) in [6.07, 6.45) is -7.02. The second-order valence-corrected chi connectivity index (χ2v) is 4.85. The van der Waals surface area contributed by atoms with E-state index < -0.39 is 29.4 Å². The van der Waals surface area contributed by atoms with Gasteiger partial charge in [0.2, 0.25) is 5.91 Å². The second kappa shape index (κ2) is 5.66. The molecular weight excluding hydrogens is 312 g/mol. The van der Waals surface area contributed by atoms with Gasteiger partial charge in [0.1, 0.15) is 0 Å². The van der Waals surface area contributed by atoms with Crippen molar-refractivity contribution in [2.45, 2.75) is 18.8 Å². The number of likely N-dealkylation sites (tertiary alicyclic amines) is 1. The van der Waals surface area contributed by atoms with Crippen molar-refractivity contribution < 1.29 is 31.1 Å². The van der Waals surface area contributed by atoms with Gasteiger partial charge in [-0.25, -0.2) is 0 Å². The Morgan fingerprint density at radius 3 is 1.82 bits per heavy atom. The van der Waals surface area contributed by atoms with Crippen molar-refractivity contribution in [3.63, 3.8) is 0 Å². The van der Waals surface area contributed by atoms with E-state index >= 15 is 0 Å². The van der Waals surface area contributed by atoms with Crippen molar-refractivity contribution >= 4 is 12.0 Å². The molecule has 2 nitrogen and oxygen atoms in total. The molecule has 1 fully saturated rings. The number of rotatable bonds is 2. The molecule has 8 heteroatoms. The minimum absolute atomic E-state index is 0.0502. The van der Waals surface area contributed by atoms with Gasteiger partial charge in [-0.1, -0.05) is 0 Å². The lowest BCUT2D eigenvalue weighted by Crippen LogP contribution is -2.40. The summed E-state index contributed by atoms with van der Waals surface area (Å²) < 4.78 is 76.0. The lowest BCUT2D eigenvalue weighted by atomic mass is 10.0. The Morgan fingerprint density at radius 1 is 0.955 bits per heavy atom. The maximum Gasteiger partial charge on any atom is 0.416 e. The highest BCUT2D eigenvalue weighted by Crippen LogP contribution is 2.36. The Balaban J connectivity index is 2.33. The number of nitrogens with zero attached hydrogens (tertiary/aromatic N) is 1. The molecule has 2 rings (SSSR count). The average molecular weight is 323 g/mol. The van der Waals surface area contributed by atoms with E-state index in [1.165, 1.54) is 4.90 Å². The summed E-state index contributed by atoms with van der Waals surface area (Å²) in [7, 11) is 0. The Morgan fingerprint density at radius 2 is 1.45 bits per heavy atom. The lowest BCUT2D eigenvalue weighted by Gasteiger charge is -2.29. The standard InChI is InChI=1S/C14H11F6NO/c15-13(16,17)10-6-9(7-11(8-10)14(18,19)20)2-3-12(22)21-4-1-5-21/h2-3,6-8H,1,4-5H2. The van der Waals surface area contributed by atoms with Gasteiger partial charge < -0.3 is 4.90 Å². The molecule has 0 N–H and O–H groups in total. The van der Waals surface area contributed by atoms with E-state index in [1.54, 1.807) is 0 Å². The van der Waals surface area contributed by atoms with Gasteiger partial charge in [0.15, 0.2) is 0 Å². The molecule has 0 aromatic heterocycles. The van der Waals surface area contributed by atoms with E-state index in [0.717, 1.165) is 18.6 Å². The van der Waals surface area contributed by atoms with Crippen molar-refractivity contribution in [1.82, 2.24) is 4.90 Å². The van der Waals surface area contributed by atoms with Gasteiger partial charge in [-0.3, -0.25) is 4.79 Å². The van der Waals surface area contributed by atoms with Crippen LogP contribution in [0, 0.1) is 0 Å². The molecule has 0 bridgehead atoms. The fourth-order valence-corrected chi connectivity index (χ4v) is 1.88. The van der Waals surface area contributed by atoms with Crippen LogP contribution in [0.15, 0.2) is 24.3 Å². The second-order valence-electron chi connectivity index (χ2n) is 4.85. The zero-order chi connectivity index (χ0) is 16.5. The quantitative estimate of drug-likeness (QED) is 0.596. The molecule has 120 valence electrons. The van der Waals surface area contributed by atoms with Crippen molar-refractivity contribution in [2.24, 2.45) is 0 Å². The molecule has 1 heterocycles. The molecule has 0 radical (unpaired) electrons. The van der Waals surface area contributed by atoms with Gasteiger partial charge in [-0.2, -0.15) is 26.3 Å². The summed E-state index contributed by atoms with van der Waals surface area (Å²) in [6, 6.07) is 1.21. The predicted octanol–water partition coefficient (Wildman–Crippen LogP) is 3.97. The number of hydrogen-bond acceptors (Lipinski definition) is 1. The molecule has 0 spiro atoms. The summed E-state index contributed by atoms with van der Waals surface area (Å²) in [5, 5.41) is 0. The third-order valence-electron chi connectivity index (χ3n) is 3.20. The highest BCUT2D eigenvalue weighted by molar-refractivity contribution is 5.92. The molecule has 0 unspecified atom stereocenters. The number of benzene rings is 1. The van der Waals surface area contributed by atoms with Gasteiger partial charge in [0.25, 0.3) is 0 Å². The van der Waals surface area contributed by atoms with Crippen LogP contribution < -0.4 is 0 Å². The Kier molecular flexibility index (Phi) is 4.21. The van der Waals surface area contributed by atoms with Crippen molar-refractivity contribution in [3.8, 4) is 0 Å². The zero-order valence-electron chi connectivity index (χ0n) is 11.1. The highest BCUT2D eigenvalue weighted by atomic mass is 19.4. The van der Waals surface area contributed by atoms with Crippen molar-refractivity contribution in [2.75, 3.05) is 13.1 Å². The summed E-state index contributed by atoms with van der Waals surface area (Å²) >= 11 is 0. The van der Waals surface area contributed by atoms with Crippen LogP contribution in [0.2, 0.25) is 0 Å². The predicted molar refractivity (Wildman–Crippen MR) is 66.7 cm³/mol. The molecular formula is C14H11F6NO. The Bertz CT molecular complexity index is 566. The Hall–Kier alpha value is -1.99. The fraction of sp³-hybridized carbons (Fsp3) is 0.357. The zero-order valence-corrected chi connectivity index (χ0v) is 11.1. The SMILES string of the molecule is O=C(C=Cc1cc(C(F)(F)F)cc(C(F)(F)F)c1)N1CCC1.